The Morgan fingerprint density at radius 2 is 2.05 bits per heavy atom. The summed E-state index contributed by atoms with van der Waals surface area (Å²) in [6, 6.07) is 1.60. The molecular formula is C14H16BrFO4. The summed E-state index contributed by atoms with van der Waals surface area (Å²) in [6.45, 7) is 0. The summed E-state index contributed by atoms with van der Waals surface area (Å²) in [4.78, 5) is 11.1. The van der Waals surface area contributed by atoms with E-state index >= 15 is 0 Å². The summed E-state index contributed by atoms with van der Waals surface area (Å²) in [5.41, 5.74) is 0.683. The Kier molecular flexibility index (Phi) is 4.52. The van der Waals surface area contributed by atoms with Crippen LogP contribution in [0.2, 0.25) is 0 Å². The number of carboxylic acid groups (broad SMARTS) is 1. The molecule has 1 aliphatic rings. The molecule has 1 unspecified atom stereocenters. The van der Waals surface area contributed by atoms with Gasteiger partial charge >= 0.3 is 5.97 Å². The molecule has 1 aliphatic carbocycles. The van der Waals surface area contributed by atoms with Crippen LogP contribution in [0.1, 0.15) is 30.7 Å². The van der Waals surface area contributed by atoms with Gasteiger partial charge in [0.15, 0.2) is 17.3 Å². The highest BCUT2D eigenvalue weighted by molar-refractivity contribution is 9.10. The number of halogens is 2. The van der Waals surface area contributed by atoms with Crippen LogP contribution >= 0.6 is 15.9 Å². The van der Waals surface area contributed by atoms with Crippen LogP contribution in [0.3, 0.4) is 0 Å². The fraction of sp³-hybridized carbons (Fsp3) is 0.500. The minimum Gasteiger partial charge on any atom is -0.492 e. The monoisotopic (exact) mass is 346 g/mol. The molecule has 0 bridgehead atoms. The largest absolute Gasteiger partial charge is 0.492 e. The van der Waals surface area contributed by atoms with Gasteiger partial charge in [0.1, 0.15) is 0 Å². The lowest BCUT2D eigenvalue weighted by Gasteiger charge is -2.21. The summed E-state index contributed by atoms with van der Waals surface area (Å²) < 4.78 is 24.6. The Morgan fingerprint density at radius 1 is 1.45 bits per heavy atom. The molecular weight excluding hydrogens is 331 g/mol. The quantitative estimate of drug-likeness (QED) is 0.855. The Balaban J connectivity index is 2.52. The van der Waals surface area contributed by atoms with Crippen molar-refractivity contribution in [3.8, 4) is 11.5 Å². The molecule has 4 nitrogen and oxygen atoms in total. The van der Waals surface area contributed by atoms with Crippen LogP contribution in [-0.4, -0.2) is 25.3 Å². The summed E-state index contributed by atoms with van der Waals surface area (Å²) in [5, 5.41) is 9.08. The molecule has 110 valence electrons. The van der Waals surface area contributed by atoms with Gasteiger partial charge in [-0.1, -0.05) is 0 Å². The van der Waals surface area contributed by atoms with Gasteiger partial charge in [-0.2, -0.15) is 0 Å². The van der Waals surface area contributed by atoms with Crippen molar-refractivity contribution in [1.29, 1.82) is 0 Å². The first-order valence-corrected chi connectivity index (χ1v) is 7.10. The third kappa shape index (κ3) is 2.90. The lowest BCUT2D eigenvalue weighted by molar-refractivity contribution is -0.137. The first-order chi connectivity index (χ1) is 9.49. The average Bonchev–Trinajstić information content (AvgIpc) is 3.22. The van der Waals surface area contributed by atoms with Crippen molar-refractivity contribution in [2.75, 3.05) is 14.2 Å². The van der Waals surface area contributed by atoms with Gasteiger partial charge in [-0.3, -0.25) is 4.79 Å². The summed E-state index contributed by atoms with van der Waals surface area (Å²) in [5.74, 6) is -1.00. The van der Waals surface area contributed by atoms with E-state index in [1.807, 2.05) is 0 Å². The minimum atomic E-state index is -0.872. The van der Waals surface area contributed by atoms with E-state index in [2.05, 4.69) is 15.9 Å². The SMILES string of the molecule is COc1c(C(CC(=O)O)C2CC2)cc(Br)c(F)c1OC. The molecule has 0 saturated heterocycles. The number of benzene rings is 1. The minimum absolute atomic E-state index is 0.00224. The number of carbonyl (C=O) groups is 1. The Hall–Kier alpha value is -1.30. The van der Waals surface area contributed by atoms with Gasteiger partial charge in [-0.05, 0) is 40.8 Å². The smallest absolute Gasteiger partial charge is 0.303 e. The summed E-state index contributed by atoms with van der Waals surface area (Å²) in [6.07, 6.45) is 1.97. The Bertz CT molecular complexity index is 528. The molecule has 0 spiro atoms. The van der Waals surface area contributed by atoms with E-state index in [0.717, 1.165) is 12.8 Å². The van der Waals surface area contributed by atoms with Crippen molar-refractivity contribution in [3.63, 3.8) is 0 Å². The average molecular weight is 347 g/mol. The second-order valence-corrected chi connectivity index (χ2v) is 5.72. The zero-order chi connectivity index (χ0) is 14.9. The molecule has 2 rings (SSSR count). The first kappa shape index (κ1) is 15.1. The van der Waals surface area contributed by atoms with Crippen LogP contribution in [0.5, 0.6) is 11.5 Å². The van der Waals surface area contributed by atoms with E-state index < -0.39 is 11.8 Å². The van der Waals surface area contributed by atoms with E-state index in [0.29, 0.717) is 11.5 Å². The number of aliphatic carboxylic acids is 1. The highest BCUT2D eigenvalue weighted by Gasteiger charge is 2.37. The van der Waals surface area contributed by atoms with E-state index in [1.165, 1.54) is 14.2 Å². The molecule has 1 saturated carbocycles. The zero-order valence-corrected chi connectivity index (χ0v) is 12.9. The fourth-order valence-electron chi connectivity index (χ4n) is 2.49. The number of ether oxygens (including phenoxy) is 2. The number of carboxylic acids is 1. The van der Waals surface area contributed by atoms with E-state index in [-0.39, 0.29) is 28.3 Å². The van der Waals surface area contributed by atoms with Crippen molar-refractivity contribution < 1.29 is 23.8 Å². The molecule has 0 radical (unpaired) electrons. The van der Waals surface area contributed by atoms with Crippen LogP contribution in [-0.2, 0) is 4.79 Å². The third-order valence-electron chi connectivity index (χ3n) is 3.55. The molecule has 1 aromatic rings. The maximum Gasteiger partial charge on any atom is 0.303 e. The van der Waals surface area contributed by atoms with Crippen LogP contribution in [0, 0.1) is 11.7 Å². The highest BCUT2D eigenvalue weighted by atomic mass is 79.9. The molecule has 1 atom stereocenters. The molecule has 1 fully saturated rings. The molecule has 1 N–H and O–H groups in total. The molecule has 0 aromatic heterocycles. The third-order valence-corrected chi connectivity index (χ3v) is 4.13. The van der Waals surface area contributed by atoms with Crippen molar-refractivity contribution in [2.45, 2.75) is 25.2 Å². The maximum absolute atomic E-state index is 14.0. The van der Waals surface area contributed by atoms with Crippen LogP contribution < -0.4 is 9.47 Å². The second kappa shape index (κ2) is 5.99. The molecule has 0 aliphatic heterocycles. The molecule has 0 amide bonds. The Labute approximate surface area is 125 Å². The standard InChI is InChI=1S/C14H16BrFO4/c1-19-13-9(5-10(15)12(16)14(13)20-2)8(6-11(17)18)7-3-4-7/h5,7-8H,3-4,6H2,1-2H3,(H,17,18). The Morgan fingerprint density at radius 3 is 2.50 bits per heavy atom. The van der Waals surface area contributed by atoms with Gasteiger partial charge in [0.2, 0.25) is 0 Å². The van der Waals surface area contributed by atoms with Crippen LogP contribution in [0.25, 0.3) is 0 Å². The van der Waals surface area contributed by atoms with E-state index in [9.17, 15) is 9.18 Å². The molecule has 1 aromatic carbocycles. The van der Waals surface area contributed by atoms with Crippen molar-refractivity contribution in [1.82, 2.24) is 0 Å². The number of rotatable bonds is 6. The number of hydrogen-bond donors (Lipinski definition) is 1. The van der Waals surface area contributed by atoms with Gasteiger partial charge in [0.05, 0.1) is 25.1 Å². The highest BCUT2D eigenvalue weighted by Crippen LogP contribution is 2.50. The van der Waals surface area contributed by atoms with Crippen LogP contribution in [0.4, 0.5) is 4.39 Å². The second-order valence-electron chi connectivity index (χ2n) is 4.87. The number of methoxy groups -OCH3 is 2. The molecule has 0 heterocycles. The first-order valence-electron chi connectivity index (χ1n) is 6.31. The van der Waals surface area contributed by atoms with Gasteiger partial charge in [-0.25, -0.2) is 4.39 Å². The zero-order valence-electron chi connectivity index (χ0n) is 11.3. The maximum atomic E-state index is 14.0. The predicted molar refractivity (Wildman–Crippen MR) is 74.9 cm³/mol. The molecule has 20 heavy (non-hydrogen) atoms. The lowest BCUT2D eigenvalue weighted by atomic mass is 9.90. The van der Waals surface area contributed by atoms with Gasteiger partial charge in [-0.15, -0.1) is 0 Å². The topological polar surface area (TPSA) is 55.8 Å². The summed E-state index contributed by atoms with van der Waals surface area (Å²) in [7, 11) is 2.79. The van der Waals surface area contributed by atoms with Crippen molar-refractivity contribution >= 4 is 21.9 Å². The van der Waals surface area contributed by atoms with Crippen molar-refractivity contribution in [3.05, 3.63) is 21.9 Å². The van der Waals surface area contributed by atoms with E-state index in [4.69, 9.17) is 14.6 Å². The normalized spacial score (nSPS) is 15.8. The van der Waals surface area contributed by atoms with E-state index in [1.54, 1.807) is 6.07 Å². The predicted octanol–water partition coefficient (Wildman–Crippen LogP) is 3.57. The fourth-order valence-corrected chi connectivity index (χ4v) is 2.92. The summed E-state index contributed by atoms with van der Waals surface area (Å²) >= 11 is 3.15. The van der Waals surface area contributed by atoms with Crippen LogP contribution in [0.15, 0.2) is 10.5 Å². The lowest BCUT2D eigenvalue weighted by Crippen LogP contribution is -2.11. The number of hydrogen-bond acceptors (Lipinski definition) is 3. The van der Waals surface area contributed by atoms with Gasteiger partial charge in [0.25, 0.3) is 0 Å². The molecule has 6 heteroatoms. The van der Waals surface area contributed by atoms with Gasteiger partial charge in [0, 0.05) is 11.5 Å². The van der Waals surface area contributed by atoms with Gasteiger partial charge < -0.3 is 14.6 Å². The van der Waals surface area contributed by atoms with Crippen molar-refractivity contribution in [2.24, 2.45) is 5.92 Å².